The lowest BCUT2D eigenvalue weighted by Crippen LogP contribution is -2.36. The Bertz CT molecular complexity index is 547. The number of benzene rings is 1. The van der Waals surface area contributed by atoms with E-state index < -0.39 is 24.5 Å². The molecule has 1 fully saturated rings. The van der Waals surface area contributed by atoms with Gasteiger partial charge in [0, 0.05) is 17.1 Å². The lowest BCUT2D eigenvalue weighted by atomic mass is 10.2. The van der Waals surface area contributed by atoms with Crippen LogP contribution in [0.3, 0.4) is 0 Å². The number of ether oxygens (including phenoxy) is 1. The van der Waals surface area contributed by atoms with Gasteiger partial charge in [0.1, 0.15) is 6.04 Å². The molecule has 0 saturated carbocycles. The Hall–Kier alpha value is -2.08. The van der Waals surface area contributed by atoms with Gasteiger partial charge in [0.2, 0.25) is 5.91 Å². The summed E-state index contributed by atoms with van der Waals surface area (Å²) in [5.41, 5.74) is 0.521. The monoisotopic (exact) mass is 296 g/mol. The second-order valence-electron chi connectivity index (χ2n) is 4.33. The van der Waals surface area contributed by atoms with Crippen LogP contribution in [0.25, 0.3) is 0 Å². The van der Waals surface area contributed by atoms with Crippen molar-refractivity contribution in [3.63, 3.8) is 0 Å². The molecule has 1 saturated heterocycles. The highest BCUT2D eigenvalue weighted by Gasteiger charge is 2.28. The number of nitrogens with one attached hydrogen (secondary N) is 2. The van der Waals surface area contributed by atoms with Crippen LogP contribution in [0.2, 0.25) is 5.02 Å². The highest BCUT2D eigenvalue weighted by molar-refractivity contribution is 6.30. The molecule has 0 unspecified atom stereocenters. The average Bonchev–Trinajstić information content (AvgIpc) is 2.83. The molecule has 0 bridgehead atoms. The molecule has 0 aliphatic carbocycles. The van der Waals surface area contributed by atoms with Gasteiger partial charge in [-0.1, -0.05) is 17.7 Å². The first kappa shape index (κ1) is 14.3. The zero-order valence-electron chi connectivity index (χ0n) is 10.5. The van der Waals surface area contributed by atoms with Gasteiger partial charge in [-0.05, 0) is 24.6 Å². The Morgan fingerprint density at radius 3 is 2.90 bits per heavy atom. The van der Waals surface area contributed by atoms with Gasteiger partial charge in [0.05, 0.1) is 0 Å². The number of hydrogen-bond acceptors (Lipinski definition) is 4. The summed E-state index contributed by atoms with van der Waals surface area (Å²) in [7, 11) is 0. The standard InChI is InChI=1S/C13H13ClN2O4/c14-8-2-1-3-9(6-8)15-12(18)7-20-13(19)10-4-5-11(17)16-10/h1-3,6,10H,4-5,7H2,(H,15,18)(H,16,17)/t10-/m1/s1. The normalized spacial score (nSPS) is 17.4. The third-order valence-corrected chi connectivity index (χ3v) is 2.97. The lowest BCUT2D eigenvalue weighted by Gasteiger charge is -2.10. The summed E-state index contributed by atoms with van der Waals surface area (Å²) in [6, 6.07) is 5.97. The van der Waals surface area contributed by atoms with Gasteiger partial charge in [-0.15, -0.1) is 0 Å². The topological polar surface area (TPSA) is 84.5 Å². The third-order valence-electron chi connectivity index (χ3n) is 2.73. The van der Waals surface area contributed by atoms with E-state index in [0.717, 1.165) is 0 Å². The predicted octanol–water partition coefficient (Wildman–Crippen LogP) is 1.10. The molecule has 1 aliphatic rings. The van der Waals surface area contributed by atoms with Crippen molar-refractivity contribution in [3.8, 4) is 0 Å². The summed E-state index contributed by atoms with van der Waals surface area (Å²) in [5.74, 6) is -1.25. The lowest BCUT2D eigenvalue weighted by molar-refractivity contribution is -0.149. The molecule has 106 valence electrons. The van der Waals surface area contributed by atoms with Gasteiger partial charge in [0.15, 0.2) is 6.61 Å². The number of amides is 2. The molecular weight excluding hydrogens is 284 g/mol. The molecule has 1 atom stereocenters. The van der Waals surface area contributed by atoms with E-state index in [-0.39, 0.29) is 5.91 Å². The summed E-state index contributed by atoms with van der Waals surface area (Å²) in [6.07, 6.45) is 0.696. The highest BCUT2D eigenvalue weighted by Crippen LogP contribution is 2.14. The molecule has 1 aromatic carbocycles. The summed E-state index contributed by atoms with van der Waals surface area (Å²) in [5, 5.41) is 5.52. The summed E-state index contributed by atoms with van der Waals surface area (Å²) < 4.78 is 4.84. The van der Waals surface area contributed by atoms with Gasteiger partial charge in [-0.25, -0.2) is 4.79 Å². The van der Waals surface area contributed by atoms with E-state index in [1.54, 1.807) is 24.3 Å². The molecule has 0 spiro atoms. The SMILES string of the molecule is O=C(COC(=O)[C@H]1CCC(=O)N1)Nc1cccc(Cl)c1. The second-order valence-corrected chi connectivity index (χ2v) is 4.76. The van der Waals surface area contributed by atoms with E-state index in [9.17, 15) is 14.4 Å². The fourth-order valence-corrected chi connectivity index (χ4v) is 1.98. The van der Waals surface area contributed by atoms with Gasteiger partial charge in [-0.2, -0.15) is 0 Å². The Morgan fingerprint density at radius 2 is 2.25 bits per heavy atom. The van der Waals surface area contributed by atoms with Crippen LogP contribution < -0.4 is 10.6 Å². The molecule has 7 heteroatoms. The summed E-state index contributed by atoms with van der Waals surface area (Å²) >= 11 is 5.78. The summed E-state index contributed by atoms with van der Waals surface area (Å²) in [6.45, 7) is -0.405. The zero-order valence-corrected chi connectivity index (χ0v) is 11.3. The molecule has 1 aromatic rings. The minimum atomic E-state index is -0.651. The van der Waals surface area contributed by atoms with E-state index >= 15 is 0 Å². The van der Waals surface area contributed by atoms with Crippen LogP contribution in [0.15, 0.2) is 24.3 Å². The number of carbonyl (C=O) groups is 3. The van der Waals surface area contributed by atoms with E-state index in [0.29, 0.717) is 23.6 Å². The average molecular weight is 297 g/mol. The van der Waals surface area contributed by atoms with Crippen molar-refractivity contribution >= 4 is 35.1 Å². The number of halogens is 1. The van der Waals surface area contributed by atoms with Gasteiger partial charge < -0.3 is 15.4 Å². The summed E-state index contributed by atoms with van der Waals surface area (Å²) in [4.78, 5) is 34.1. The van der Waals surface area contributed by atoms with Crippen LogP contribution >= 0.6 is 11.6 Å². The van der Waals surface area contributed by atoms with Gasteiger partial charge in [-0.3, -0.25) is 9.59 Å². The van der Waals surface area contributed by atoms with E-state index in [2.05, 4.69) is 10.6 Å². The largest absolute Gasteiger partial charge is 0.454 e. The van der Waals surface area contributed by atoms with Crippen molar-refractivity contribution in [1.29, 1.82) is 0 Å². The maximum absolute atomic E-state index is 11.6. The molecule has 6 nitrogen and oxygen atoms in total. The molecule has 1 aliphatic heterocycles. The predicted molar refractivity (Wildman–Crippen MR) is 72.2 cm³/mol. The van der Waals surface area contributed by atoms with Crippen molar-refractivity contribution in [2.75, 3.05) is 11.9 Å². The molecule has 2 rings (SSSR count). The van der Waals surface area contributed by atoms with E-state index in [4.69, 9.17) is 16.3 Å². The van der Waals surface area contributed by atoms with Crippen LogP contribution in [-0.4, -0.2) is 30.4 Å². The second kappa shape index (κ2) is 6.38. The number of hydrogen-bond donors (Lipinski definition) is 2. The third kappa shape index (κ3) is 3.96. The zero-order chi connectivity index (χ0) is 14.5. The van der Waals surface area contributed by atoms with Crippen molar-refractivity contribution in [1.82, 2.24) is 5.32 Å². The Kier molecular flexibility index (Phi) is 4.57. The molecule has 1 heterocycles. The quantitative estimate of drug-likeness (QED) is 0.815. The number of anilines is 1. The van der Waals surface area contributed by atoms with Crippen LogP contribution in [0.1, 0.15) is 12.8 Å². The van der Waals surface area contributed by atoms with E-state index in [1.165, 1.54) is 0 Å². The minimum absolute atomic E-state index is 0.185. The fraction of sp³-hybridized carbons (Fsp3) is 0.308. The van der Waals surface area contributed by atoms with Crippen LogP contribution in [0.4, 0.5) is 5.69 Å². The van der Waals surface area contributed by atoms with Crippen molar-refractivity contribution in [3.05, 3.63) is 29.3 Å². The number of esters is 1. The molecule has 0 radical (unpaired) electrons. The first-order valence-corrected chi connectivity index (χ1v) is 6.44. The highest BCUT2D eigenvalue weighted by atomic mass is 35.5. The first-order valence-electron chi connectivity index (χ1n) is 6.06. The van der Waals surface area contributed by atoms with E-state index in [1.807, 2.05) is 0 Å². The molecule has 2 N–H and O–H groups in total. The Morgan fingerprint density at radius 1 is 1.45 bits per heavy atom. The Balaban J connectivity index is 1.77. The van der Waals surface area contributed by atoms with Crippen molar-refractivity contribution < 1.29 is 19.1 Å². The molecule has 2 amide bonds. The van der Waals surface area contributed by atoms with Crippen LogP contribution in [0, 0.1) is 0 Å². The molecule has 0 aromatic heterocycles. The minimum Gasteiger partial charge on any atom is -0.454 e. The van der Waals surface area contributed by atoms with Crippen LogP contribution in [0.5, 0.6) is 0 Å². The van der Waals surface area contributed by atoms with Gasteiger partial charge >= 0.3 is 5.97 Å². The fourth-order valence-electron chi connectivity index (χ4n) is 1.79. The Labute approximate surface area is 120 Å². The van der Waals surface area contributed by atoms with Crippen molar-refractivity contribution in [2.45, 2.75) is 18.9 Å². The van der Waals surface area contributed by atoms with Crippen molar-refractivity contribution in [2.24, 2.45) is 0 Å². The maximum Gasteiger partial charge on any atom is 0.329 e. The number of rotatable bonds is 4. The number of carbonyl (C=O) groups excluding carboxylic acids is 3. The first-order chi connectivity index (χ1) is 9.54. The van der Waals surface area contributed by atoms with Gasteiger partial charge in [0.25, 0.3) is 5.91 Å². The molecule has 20 heavy (non-hydrogen) atoms. The smallest absolute Gasteiger partial charge is 0.329 e. The molecular formula is C13H13ClN2O4. The maximum atomic E-state index is 11.6. The van der Waals surface area contributed by atoms with Crippen LogP contribution in [-0.2, 0) is 19.1 Å².